The molecule has 0 fully saturated rings. The average molecular weight is 309 g/mol. The molecule has 1 atom stereocenters. The van der Waals surface area contributed by atoms with E-state index in [-0.39, 0.29) is 11.8 Å². The van der Waals surface area contributed by atoms with E-state index in [2.05, 4.69) is 15.5 Å². The van der Waals surface area contributed by atoms with Crippen LogP contribution in [0.3, 0.4) is 0 Å². The van der Waals surface area contributed by atoms with Crippen LogP contribution in [0, 0.1) is 0 Å². The van der Waals surface area contributed by atoms with Gasteiger partial charge in [0.2, 0.25) is 5.13 Å². The van der Waals surface area contributed by atoms with Gasteiger partial charge in [-0.3, -0.25) is 0 Å². The van der Waals surface area contributed by atoms with Gasteiger partial charge < -0.3 is 5.32 Å². The third kappa shape index (κ3) is 2.43. The minimum atomic E-state index is -3.14. The second-order valence-corrected chi connectivity index (χ2v) is 7.84. The lowest BCUT2D eigenvalue weighted by Gasteiger charge is -2.25. The van der Waals surface area contributed by atoms with Gasteiger partial charge in [-0.15, -0.1) is 10.2 Å². The minimum absolute atomic E-state index is 0.0209. The summed E-state index contributed by atoms with van der Waals surface area (Å²) in [6.07, 6.45) is 1.41. The molecular weight excluding hydrogens is 294 g/mol. The van der Waals surface area contributed by atoms with Crippen molar-refractivity contribution in [2.45, 2.75) is 30.7 Å². The van der Waals surface area contributed by atoms with Gasteiger partial charge in [0.05, 0.1) is 16.7 Å². The molecule has 2 aromatic rings. The zero-order chi connectivity index (χ0) is 14.2. The van der Waals surface area contributed by atoms with E-state index in [1.54, 1.807) is 12.1 Å². The van der Waals surface area contributed by atoms with E-state index >= 15 is 0 Å². The highest BCUT2D eigenvalue weighted by molar-refractivity contribution is 7.91. The molecule has 20 heavy (non-hydrogen) atoms. The molecule has 1 N–H and O–H groups in total. The maximum absolute atomic E-state index is 12.1. The zero-order valence-electron chi connectivity index (χ0n) is 11.0. The first-order chi connectivity index (χ1) is 9.60. The van der Waals surface area contributed by atoms with Crippen molar-refractivity contribution in [3.05, 3.63) is 34.8 Å². The van der Waals surface area contributed by atoms with Crippen molar-refractivity contribution in [2.24, 2.45) is 0 Å². The second-order valence-electron chi connectivity index (χ2n) is 4.70. The summed E-state index contributed by atoms with van der Waals surface area (Å²) < 4.78 is 24.1. The topological polar surface area (TPSA) is 72.0 Å². The monoisotopic (exact) mass is 309 g/mol. The van der Waals surface area contributed by atoms with E-state index in [0.29, 0.717) is 11.3 Å². The van der Waals surface area contributed by atoms with Crippen molar-refractivity contribution in [1.82, 2.24) is 10.2 Å². The van der Waals surface area contributed by atoms with Gasteiger partial charge in [0.15, 0.2) is 9.84 Å². The largest absolute Gasteiger partial charge is 0.353 e. The third-order valence-corrected chi connectivity index (χ3v) is 6.19. The maximum atomic E-state index is 12.1. The Labute approximate surface area is 122 Å². The molecule has 2 heterocycles. The van der Waals surface area contributed by atoms with Crippen LogP contribution in [0.25, 0.3) is 0 Å². The van der Waals surface area contributed by atoms with Crippen molar-refractivity contribution < 1.29 is 8.42 Å². The fourth-order valence-electron chi connectivity index (χ4n) is 2.34. The summed E-state index contributed by atoms with van der Waals surface area (Å²) in [5.41, 5.74) is 0.826. The molecule has 0 bridgehead atoms. The number of aromatic nitrogens is 2. The van der Waals surface area contributed by atoms with Crippen LogP contribution in [0.5, 0.6) is 0 Å². The quantitative estimate of drug-likeness (QED) is 0.943. The summed E-state index contributed by atoms with van der Waals surface area (Å²) in [5.74, 6) is 0.168. The fraction of sp³-hybridized carbons (Fsp3) is 0.385. The molecule has 7 heteroatoms. The Morgan fingerprint density at radius 3 is 2.90 bits per heavy atom. The number of nitrogens with zero attached hydrogens (tertiary/aromatic N) is 2. The molecule has 5 nitrogen and oxygen atoms in total. The molecule has 0 amide bonds. The number of anilines is 1. The summed E-state index contributed by atoms with van der Waals surface area (Å²) in [6, 6.07) is 7.15. The summed E-state index contributed by atoms with van der Waals surface area (Å²) >= 11 is 1.52. The molecule has 106 valence electrons. The maximum Gasteiger partial charge on any atom is 0.206 e. The molecule has 1 unspecified atom stereocenters. The average Bonchev–Trinajstić information content (AvgIpc) is 2.90. The Morgan fingerprint density at radius 1 is 1.35 bits per heavy atom. The number of rotatable bonds is 3. The van der Waals surface area contributed by atoms with E-state index in [9.17, 15) is 8.42 Å². The molecule has 0 spiro atoms. The van der Waals surface area contributed by atoms with Gasteiger partial charge in [0, 0.05) is 0 Å². The number of sulfone groups is 1. The van der Waals surface area contributed by atoms with E-state index in [1.165, 1.54) is 11.3 Å². The van der Waals surface area contributed by atoms with E-state index in [4.69, 9.17) is 0 Å². The molecule has 3 rings (SSSR count). The molecule has 0 aliphatic carbocycles. The third-order valence-electron chi connectivity index (χ3n) is 3.37. The van der Waals surface area contributed by atoms with Crippen molar-refractivity contribution in [3.63, 3.8) is 0 Å². The zero-order valence-corrected chi connectivity index (χ0v) is 12.7. The number of hydrogen-bond acceptors (Lipinski definition) is 6. The second kappa shape index (κ2) is 5.14. The Bertz CT molecular complexity index is 725. The number of benzene rings is 1. The summed E-state index contributed by atoms with van der Waals surface area (Å²) in [4.78, 5) is 0.434. The van der Waals surface area contributed by atoms with Gasteiger partial charge in [-0.25, -0.2) is 8.42 Å². The van der Waals surface area contributed by atoms with Gasteiger partial charge in [-0.2, -0.15) is 0 Å². The van der Waals surface area contributed by atoms with E-state index in [1.807, 2.05) is 19.1 Å². The van der Waals surface area contributed by atoms with Crippen LogP contribution in [0.15, 0.2) is 29.2 Å². The van der Waals surface area contributed by atoms with Crippen molar-refractivity contribution in [1.29, 1.82) is 0 Å². The van der Waals surface area contributed by atoms with Crippen LogP contribution >= 0.6 is 11.3 Å². The number of aryl methyl sites for hydroxylation is 1. The molecule has 0 saturated carbocycles. The SMILES string of the molecule is CCc1nnc(NC2CCS(=O)(=O)c3ccccc32)s1. The van der Waals surface area contributed by atoms with Crippen LogP contribution in [0.2, 0.25) is 0 Å². The number of hydrogen-bond donors (Lipinski definition) is 1. The van der Waals surface area contributed by atoms with Gasteiger partial charge in [0.1, 0.15) is 5.01 Å². The highest BCUT2D eigenvalue weighted by atomic mass is 32.2. The van der Waals surface area contributed by atoms with E-state index < -0.39 is 9.84 Å². The lowest BCUT2D eigenvalue weighted by Crippen LogP contribution is -2.24. The molecular formula is C13H15N3O2S2. The highest BCUT2D eigenvalue weighted by Gasteiger charge is 2.30. The van der Waals surface area contributed by atoms with Gasteiger partial charge >= 0.3 is 0 Å². The smallest absolute Gasteiger partial charge is 0.206 e. The van der Waals surface area contributed by atoms with Crippen LogP contribution in [-0.2, 0) is 16.3 Å². The molecule has 1 aliphatic heterocycles. The van der Waals surface area contributed by atoms with Crippen LogP contribution in [0.4, 0.5) is 5.13 Å². The van der Waals surface area contributed by atoms with Gasteiger partial charge in [-0.05, 0) is 24.5 Å². The summed E-state index contributed by atoms with van der Waals surface area (Å²) in [7, 11) is -3.14. The predicted molar refractivity (Wildman–Crippen MR) is 78.8 cm³/mol. The van der Waals surface area contributed by atoms with Crippen LogP contribution < -0.4 is 5.32 Å². The number of fused-ring (bicyclic) bond motifs is 1. The van der Waals surface area contributed by atoms with Gasteiger partial charge in [-0.1, -0.05) is 36.5 Å². The highest BCUT2D eigenvalue weighted by Crippen LogP contribution is 2.34. The standard InChI is InChI=1S/C13H15N3O2S2/c1-2-12-15-16-13(19-12)14-10-7-8-20(17,18)11-6-4-3-5-9(10)11/h3-6,10H,2,7-8H2,1H3,(H,14,16). The minimum Gasteiger partial charge on any atom is -0.353 e. The predicted octanol–water partition coefficient (Wildman–Crippen LogP) is 2.43. The first-order valence-electron chi connectivity index (χ1n) is 6.51. The summed E-state index contributed by atoms with van der Waals surface area (Å²) in [5, 5.41) is 13.2. The Balaban J connectivity index is 1.92. The van der Waals surface area contributed by atoms with Crippen molar-refractivity contribution in [3.8, 4) is 0 Å². The van der Waals surface area contributed by atoms with Crippen LogP contribution in [0.1, 0.15) is 30.0 Å². The summed E-state index contributed by atoms with van der Waals surface area (Å²) in [6.45, 7) is 2.03. The first-order valence-corrected chi connectivity index (χ1v) is 8.97. The number of nitrogens with one attached hydrogen (secondary N) is 1. The fourth-order valence-corrected chi connectivity index (χ4v) is 4.70. The lowest BCUT2D eigenvalue weighted by atomic mass is 10.0. The molecule has 1 aromatic heterocycles. The Hall–Kier alpha value is -1.47. The van der Waals surface area contributed by atoms with Crippen molar-refractivity contribution >= 4 is 26.3 Å². The van der Waals surface area contributed by atoms with Crippen LogP contribution in [-0.4, -0.2) is 24.4 Å². The normalized spacial score (nSPS) is 20.4. The van der Waals surface area contributed by atoms with Crippen molar-refractivity contribution in [2.75, 3.05) is 11.1 Å². The van der Waals surface area contributed by atoms with Gasteiger partial charge in [0.25, 0.3) is 0 Å². The molecule has 1 aliphatic rings. The molecule has 0 radical (unpaired) electrons. The Morgan fingerprint density at radius 2 is 2.15 bits per heavy atom. The Kier molecular flexibility index (Phi) is 3.47. The van der Waals surface area contributed by atoms with E-state index in [0.717, 1.165) is 22.1 Å². The lowest BCUT2D eigenvalue weighted by molar-refractivity contribution is 0.576. The first kappa shape index (κ1) is 13.5. The molecule has 1 aromatic carbocycles. The molecule has 0 saturated heterocycles.